The zero-order valence-corrected chi connectivity index (χ0v) is 16.3. The minimum absolute atomic E-state index is 0.0286. The van der Waals surface area contributed by atoms with E-state index in [4.69, 9.17) is 20.3 Å². The monoisotopic (exact) mass is 415 g/mol. The lowest BCUT2D eigenvalue weighted by atomic mass is 10.1. The number of phenolic OH excluding ortho intramolecular Hbond substituents is 1. The fourth-order valence-electron chi connectivity index (χ4n) is 2.77. The molecule has 9 nitrogen and oxygen atoms in total. The highest BCUT2D eigenvalue weighted by Gasteiger charge is 2.26. The van der Waals surface area contributed by atoms with Crippen LogP contribution in [0, 0.1) is 12.3 Å². The first-order chi connectivity index (χ1) is 13.7. The van der Waals surface area contributed by atoms with Crippen LogP contribution in [0.3, 0.4) is 0 Å². The highest BCUT2D eigenvalue weighted by Crippen LogP contribution is 2.34. The summed E-state index contributed by atoms with van der Waals surface area (Å²) in [5.74, 6) is -2.33. The van der Waals surface area contributed by atoms with Crippen LogP contribution >= 0.6 is 11.3 Å². The molecule has 2 heterocycles. The molecule has 0 saturated heterocycles. The van der Waals surface area contributed by atoms with Crippen LogP contribution in [-0.2, 0) is 4.74 Å². The number of primary amides is 1. The number of carbonyl (C=O) groups excluding carboxylic acids is 3. The Morgan fingerprint density at radius 3 is 2.72 bits per heavy atom. The summed E-state index contributed by atoms with van der Waals surface area (Å²) in [6.45, 7) is 3.27. The topological polar surface area (TPSA) is 156 Å². The number of hydrogen-bond donors (Lipinski definition) is 4. The van der Waals surface area contributed by atoms with Gasteiger partial charge in [-0.2, -0.15) is 0 Å². The average Bonchev–Trinajstić information content (AvgIpc) is 2.98. The van der Waals surface area contributed by atoms with Gasteiger partial charge in [0.05, 0.1) is 17.0 Å². The second-order valence-corrected chi connectivity index (χ2v) is 7.00. The van der Waals surface area contributed by atoms with Crippen LogP contribution in [0.5, 0.6) is 5.75 Å². The molecule has 10 heteroatoms. The summed E-state index contributed by atoms with van der Waals surface area (Å²) in [6, 6.07) is 5.96. The van der Waals surface area contributed by atoms with E-state index >= 15 is 0 Å². The summed E-state index contributed by atoms with van der Waals surface area (Å²) in [7, 11) is 0. The SMILES string of the molecule is CCOC(=O)c1c(NC(=O)c2cc3cccc(O)c3oc2=N)sc(C(N)=O)c1C. The molecular formula is C19H17N3O6S. The number of fused-ring (bicyclic) bond motifs is 1. The average molecular weight is 415 g/mol. The highest BCUT2D eigenvalue weighted by atomic mass is 32.1. The molecule has 0 aliphatic rings. The summed E-state index contributed by atoms with van der Waals surface area (Å²) in [6.07, 6.45) is 0. The van der Waals surface area contributed by atoms with Crippen molar-refractivity contribution in [2.75, 3.05) is 11.9 Å². The number of thiophene rings is 1. The molecule has 150 valence electrons. The Labute approximate surface area is 168 Å². The Kier molecular flexibility index (Phi) is 5.37. The number of benzene rings is 1. The van der Waals surface area contributed by atoms with Crippen molar-refractivity contribution in [3.05, 3.63) is 51.4 Å². The third-order valence-corrected chi connectivity index (χ3v) is 5.32. The number of aromatic hydroxyl groups is 1. The number of hydrogen-bond acceptors (Lipinski definition) is 8. The molecule has 0 unspecified atom stereocenters. The molecule has 1 aromatic carbocycles. The van der Waals surface area contributed by atoms with Gasteiger partial charge in [-0.3, -0.25) is 15.0 Å². The lowest BCUT2D eigenvalue weighted by Gasteiger charge is -2.08. The fraction of sp³-hybridized carbons (Fsp3) is 0.158. The van der Waals surface area contributed by atoms with Crippen molar-refractivity contribution in [3.63, 3.8) is 0 Å². The number of rotatable bonds is 5. The third-order valence-electron chi connectivity index (χ3n) is 4.10. The maximum atomic E-state index is 12.8. The van der Waals surface area contributed by atoms with E-state index < -0.39 is 23.3 Å². The van der Waals surface area contributed by atoms with Crippen LogP contribution in [-0.4, -0.2) is 29.5 Å². The van der Waals surface area contributed by atoms with Gasteiger partial charge in [-0.05, 0) is 31.5 Å². The molecule has 0 atom stereocenters. The zero-order valence-electron chi connectivity index (χ0n) is 15.5. The first-order valence-electron chi connectivity index (χ1n) is 8.46. The largest absolute Gasteiger partial charge is 0.504 e. The molecule has 0 aliphatic heterocycles. The van der Waals surface area contributed by atoms with Gasteiger partial charge in [-0.25, -0.2) is 4.79 Å². The molecule has 2 aromatic heterocycles. The molecule has 0 radical (unpaired) electrons. The fourth-order valence-corrected chi connectivity index (χ4v) is 3.81. The second kappa shape index (κ2) is 7.76. The summed E-state index contributed by atoms with van der Waals surface area (Å²) in [5, 5.41) is 20.8. The number of phenols is 1. The molecule has 0 saturated carbocycles. The van der Waals surface area contributed by atoms with Gasteiger partial charge >= 0.3 is 5.97 Å². The van der Waals surface area contributed by atoms with Crippen molar-refractivity contribution in [2.45, 2.75) is 13.8 Å². The number of esters is 1. The van der Waals surface area contributed by atoms with Gasteiger partial charge in [0.2, 0.25) is 5.55 Å². The Morgan fingerprint density at radius 1 is 1.34 bits per heavy atom. The van der Waals surface area contributed by atoms with Crippen LogP contribution in [0.1, 0.15) is 42.9 Å². The van der Waals surface area contributed by atoms with Crippen LogP contribution < -0.4 is 16.6 Å². The van der Waals surface area contributed by atoms with Gasteiger partial charge in [0, 0.05) is 5.39 Å². The summed E-state index contributed by atoms with van der Waals surface area (Å²) in [4.78, 5) is 36.9. The van der Waals surface area contributed by atoms with E-state index in [1.54, 1.807) is 19.1 Å². The number of para-hydroxylation sites is 1. The summed E-state index contributed by atoms with van der Waals surface area (Å²) in [5.41, 5.74) is 5.16. The molecule has 0 bridgehead atoms. The third kappa shape index (κ3) is 3.69. The van der Waals surface area contributed by atoms with Gasteiger partial charge in [0.1, 0.15) is 10.6 Å². The predicted octanol–water partition coefficient (Wildman–Crippen LogP) is 2.52. The lowest BCUT2D eigenvalue weighted by molar-refractivity contribution is 0.0527. The molecule has 29 heavy (non-hydrogen) atoms. The van der Waals surface area contributed by atoms with Gasteiger partial charge in [-0.15, -0.1) is 11.3 Å². The van der Waals surface area contributed by atoms with Gasteiger partial charge in [0.15, 0.2) is 11.3 Å². The lowest BCUT2D eigenvalue weighted by Crippen LogP contribution is -2.21. The van der Waals surface area contributed by atoms with E-state index in [1.807, 2.05) is 0 Å². The predicted molar refractivity (Wildman–Crippen MR) is 105 cm³/mol. The number of ether oxygens (including phenoxy) is 1. The smallest absolute Gasteiger partial charge is 0.341 e. The molecule has 0 aliphatic carbocycles. The number of nitrogens with two attached hydrogens (primary N) is 1. The standard InChI is InChI=1S/C19H17N3O6S/c1-3-27-19(26)12-8(2)14(15(20)24)29-18(12)22-17(25)10-7-9-5-4-6-11(23)13(9)28-16(10)21/h4-7,21,23H,3H2,1-2H3,(H2,20,24)(H,22,25). The van der Waals surface area contributed by atoms with E-state index in [2.05, 4.69) is 5.32 Å². The van der Waals surface area contributed by atoms with Crippen molar-refractivity contribution in [2.24, 2.45) is 5.73 Å². The van der Waals surface area contributed by atoms with Crippen molar-refractivity contribution in [1.82, 2.24) is 0 Å². The Balaban J connectivity index is 2.05. The second-order valence-electron chi connectivity index (χ2n) is 5.98. The minimum Gasteiger partial charge on any atom is -0.504 e. The maximum absolute atomic E-state index is 12.8. The molecule has 3 rings (SSSR count). The zero-order chi connectivity index (χ0) is 21.3. The molecule has 3 aromatic rings. The summed E-state index contributed by atoms with van der Waals surface area (Å²) < 4.78 is 10.3. The van der Waals surface area contributed by atoms with Crippen LogP contribution in [0.25, 0.3) is 11.0 Å². The van der Waals surface area contributed by atoms with Crippen molar-refractivity contribution in [1.29, 1.82) is 5.41 Å². The van der Waals surface area contributed by atoms with Crippen molar-refractivity contribution in [3.8, 4) is 5.75 Å². The number of amides is 2. The van der Waals surface area contributed by atoms with E-state index in [9.17, 15) is 19.5 Å². The minimum atomic E-state index is -0.740. The highest BCUT2D eigenvalue weighted by molar-refractivity contribution is 7.18. The van der Waals surface area contributed by atoms with Gasteiger partial charge in [0.25, 0.3) is 11.8 Å². The molecule has 0 spiro atoms. The van der Waals surface area contributed by atoms with Crippen LogP contribution in [0.2, 0.25) is 0 Å². The molecule has 0 fully saturated rings. The van der Waals surface area contributed by atoms with E-state index in [-0.39, 0.29) is 38.9 Å². The van der Waals surface area contributed by atoms with E-state index in [0.29, 0.717) is 10.9 Å². The number of nitrogens with one attached hydrogen (secondary N) is 2. The van der Waals surface area contributed by atoms with E-state index in [1.165, 1.54) is 19.1 Å². The number of anilines is 1. The molecule has 2 amide bonds. The van der Waals surface area contributed by atoms with Crippen LogP contribution in [0.4, 0.5) is 5.00 Å². The van der Waals surface area contributed by atoms with Gasteiger partial charge in [-0.1, -0.05) is 12.1 Å². The molecular weight excluding hydrogens is 398 g/mol. The first-order valence-corrected chi connectivity index (χ1v) is 9.28. The summed E-state index contributed by atoms with van der Waals surface area (Å²) >= 11 is 0.844. The van der Waals surface area contributed by atoms with Crippen LogP contribution in [0.15, 0.2) is 28.7 Å². The number of carbonyl (C=O) groups is 3. The van der Waals surface area contributed by atoms with Crippen molar-refractivity contribution >= 4 is 45.1 Å². The maximum Gasteiger partial charge on any atom is 0.341 e. The molecule has 5 N–H and O–H groups in total. The van der Waals surface area contributed by atoms with E-state index in [0.717, 1.165) is 11.3 Å². The van der Waals surface area contributed by atoms with Gasteiger partial charge < -0.3 is 25.3 Å². The Bertz CT molecular complexity index is 1210. The van der Waals surface area contributed by atoms with Crippen molar-refractivity contribution < 1.29 is 28.6 Å². The Hall–Kier alpha value is -3.66. The normalized spacial score (nSPS) is 10.7. The Morgan fingerprint density at radius 2 is 2.07 bits per heavy atom. The quantitative estimate of drug-likeness (QED) is 0.469. The first kappa shape index (κ1) is 20.1.